The zero-order valence-electron chi connectivity index (χ0n) is 9.53. The quantitative estimate of drug-likeness (QED) is 0.496. The summed E-state index contributed by atoms with van der Waals surface area (Å²) >= 11 is 7.13. The van der Waals surface area contributed by atoms with Crippen LogP contribution in [0.1, 0.15) is 0 Å². The Balaban J connectivity index is 2.22. The van der Waals surface area contributed by atoms with Crippen molar-refractivity contribution >= 4 is 42.6 Å². The molecule has 0 fully saturated rings. The third-order valence-corrected chi connectivity index (χ3v) is 4.17. The molecule has 0 aromatic heterocycles. The van der Waals surface area contributed by atoms with Gasteiger partial charge in [-0.1, -0.05) is 68.3 Å². The van der Waals surface area contributed by atoms with E-state index >= 15 is 0 Å². The summed E-state index contributed by atoms with van der Waals surface area (Å²) in [6.07, 6.45) is 0. The van der Waals surface area contributed by atoms with Crippen molar-refractivity contribution in [3.63, 3.8) is 0 Å². The Hall–Kier alpha value is -1.12. The smallest absolute Gasteiger partial charge is 0.0254 e. The molecule has 3 aromatic carbocycles. The first-order valence-corrected chi connectivity index (χ1v) is 7.27. The molecule has 0 aliphatic rings. The molecule has 3 aromatic rings. The van der Waals surface area contributed by atoms with Crippen LogP contribution in [0.4, 0.5) is 0 Å². The lowest BCUT2D eigenvalue weighted by atomic mass is 10.0. The number of halogens is 2. The minimum absolute atomic E-state index is 1.09. The van der Waals surface area contributed by atoms with Crippen LogP contribution in [0.15, 0.2) is 69.6 Å². The molecule has 0 aliphatic carbocycles. The highest BCUT2D eigenvalue weighted by Crippen LogP contribution is 2.32. The molecule has 0 N–H and O–H groups in total. The fraction of sp³-hybridized carbons (Fsp3) is 0. The predicted molar refractivity (Wildman–Crippen MR) is 84.8 cm³/mol. The van der Waals surface area contributed by atoms with Crippen molar-refractivity contribution in [1.82, 2.24) is 0 Å². The minimum atomic E-state index is 1.09. The molecular weight excluding hydrogens is 352 g/mol. The highest BCUT2D eigenvalue weighted by molar-refractivity contribution is 9.11. The van der Waals surface area contributed by atoms with E-state index < -0.39 is 0 Å². The molecule has 88 valence electrons. The van der Waals surface area contributed by atoms with Gasteiger partial charge in [0.15, 0.2) is 0 Å². The fourth-order valence-corrected chi connectivity index (χ4v) is 2.91. The maximum atomic E-state index is 3.61. The van der Waals surface area contributed by atoms with Gasteiger partial charge in [-0.25, -0.2) is 0 Å². The number of fused-ring (bicyclic) bond motifs is 1. The van der Waals surface area contributed by atoms with Crippen molar-refractivity contribution in [2.75, 3.05) is 0 Å². The molecule has 3 rings (SSSR count). The van der Waals surface area contributed by atoms with Gasteiger partial charge < -0.3 is 0 Å². The first-order chi connectivity index (χ1) is 8.74. The predicted octanol–water partition coefficient (Wildman–Crippen LogP) is 6.03. The van der Waals surface area contributed by atoms with Crippen molar-refractivity contribution in [1.29, 1.82) is 0 Å². The molecule has 0 atom stereocenters. The fourth-order valence-electron chi connectivity index (χ4n) is 2.08. The summed E-state index contributed by atoms with van der Waals surface area (Å²) in [7, 11) is 0. The van der Waals surface area contributed by atoms with Crippen LogP contribution in [0, 0.1) is 0 Å². The van der Waals surface area contributed by atoms with E-state index in [-0.39, 0.29) is 0 Å². The minimum Gasteiger partial charge on any atom is -0.0616 e. The standard InChI is InChI=1S/C16H10Br2/c17-14-7-8-16(18)15(10-14)13-6-5-11-3-1-2-4-12(11)9-13/h1-10H. The van der Waals surface area contributed by atoms with Crippen molar-refractivity contribution in [3.05, 3.63) is 69.6 Å². The van der Waals surface area contributed by atoms with E-state index in [2.05, 4.69) is 86.5 Å². The third-order valence-electron chi connectivity index (χ3n) is 2.99. The van der Waals surface area contributed by atoms with Gasteiger partial charge in [0, 0.05) is 8.95 Å². The lowest BCUT2D eigenvalue weighted by Crippen LogP contribution is -1.81. The lowest BCUT2D eigenvalue weighted by Gasteiger charge is -2.07. The normalized spacial score (nSPS) is 10.8. The first kappa shape index (κ1) is 11.9. The van der Waals surface area contributed by atoms with Crippen LogP contribution in [-0.2, 0) is 0 Å². The summed E-state index contributed by atoms with van der Waals surface area (Å²) in [5.74, 6) is 0. The third kappa shape index (κ3) is 2.23. The van der Waals surface area contributed by atoms with E-state index in [0.717, 1.165) is 8.95 Å². The van der Waals surface area contributed by atoms with E-state index in [0.29, 0.717) is 0 Å². The van der Waals surface area contributed by atoms with Gasteiger partial charge >= 0.3 is 0 Å². The summed E-state index contributed by atoms with van der Waals surface area (Å²) < 4.78 is 2.20. The van der Waals surface area contributed by atoms with E-state index in [1.165, 1.54) is 21.9 Å². The number of hydrogen-bond acceptors (Lipinski definition) is 0. The molecule has 0 saturated heterocycles. The molecule has 0 nitrogen and oxygen atoms in total. The largest absolute Gasteiger partial charge is 0.0616 e. The second-order valence-corrected chi connectivity index (χ2v) is 5.96. The van der Waals surface area contributed by atoms with E-state index in [1.807, 2.05) is 6.07 Å². The van der Waals surface area contributed by atoms with Gasteiger partial charge in [0.25, 0.3) is 0 Å². The molecule has 0 radical (unpaired) electrons. The molecule has 18 heavy (non-hydrogen) atoms. The summed E-state index contributed by atoms with van der Waals surface area (Å²) in [5.41, 5.74) is 2.43. The zero-order valence-corrected chi connectivity index (χ0v) is 12.7. The summed E-state index contributed by atoms with van der Waals surface area (Å²) in [6.45, 7) is 0. The van der Waals surface area contributed by atoms with Crippen LogP contribution >= 0.6 is 31.9 Å². The Morgan fingerprint density at radius 1 is 0.667 bits per heavy atom. The average Bonchev–Trinajstić information content (AvgIpc) is 2.41. The average molecular weight is 362 g/mol. The van der Waals surface area contributed by atoms with Crippen LogP contribution in [-0.4, -0.2) is 0 Å². The summed E-state index contributed by atoms with van der Waals surface area (Å²) in [4.78, 5) is 0. The maximum Gasteiger partial charge on any atom is 0.0254 e. The van der Waals surface area contributed by atoms with Crippen molar-refractivity contribution in [2.24, 2.45) is 0 Å². The van der Waals surface area contributed by atoms with Gasteiger partial charge in [-0.3, -0.25) is 0 Å². The second kappa shape index (κ2) is 4.87. The van der Waals surface area contributed by atoms with Gasteiger partial charge in [-0.15, -0.1) is 0 Å². The van der Waals surface area contributed by atoms with Crippen LogP contribution in [0.2, 0.25) is 0 Å². The molecule has 0 aliphatic heterocycles. The van der Waals surface area contributed by atoms with Crippen molar-refractivity contribution in [3.8, 4) is 11.1 Å². The van der Waals surface area contributed by atoms with Crippen molar-refractivity contribution in [2.45, 2.75) is 0 Å². The highest BCUT2D eigenvalue weighted by atomic mass is 79.9. The van der Waals surface area contributed by atoms with Crippen LogP contribution in [0.3, 0.4) is 0 Å². The number of benzene rings is 3. The second-order valence-electron chi connectivity index (χ2n) is 4.19. The molecule has 0 amide bonds. The van der Waals surface area contributed by atoms with Gasteiger partial charge in [0.2, 0.25) is 0 Å². The summed E-state index contributed by atoms with van der Waals surface area (Å²) in [6, 6.07) is 21.2. The van der Waals surface area contributed by atoms with Crippen LogP contribution in [0.25, 0.3) is 21.9 Å². The first-order valence-electron chi connectivity index (χ1n) is 5.68. The molecule has 0 heterocycles. The SMILES string of the molecule is Brc1ccc(Br)c(-c2ccc3ccccc3c2)c1. The molecule has 0 bridgehead atoms. The van der Waals surface area contributed by atoms with Gasteiger partial charge in [-0.05, 0) is 46.2 Å². The molecule has 2 heteroatoms. The number of rotatable bonds is 1. The Bertz CT molecular complexity index is 717. The molecular formula is C16H10Br2. The monoisotopic (exact) mass is 360 g/mol. The molecule has 0 saturated carbocycles. The Morgan fingerprint density at radius 2 is 1.44 bits per heavy atom. The Labute approximate surface area is 123 Å². The van der Waals surface area contributed by atoms with Gasteiger partial charge in [-0.2, -0.15) is 0 Å². The molecule has 0 unspecified atom stereocenters. The van der Waals surface area contributed by atoms with Gasteiger partial charge in [0.05, 0.1) is 0 Å². The number of hydrogen-bond donors (Lipinski definition) is 0. The Kier molecular flexibility index (Phi) is 3.23. The van der Waals surface area contributed by atoms with Crippen LogP contribution < -0.4 is 0 Å². The maximum absolute atomic E-state index is 3.61. The van der Waals surface area contributed by atoms with E-state index in [1.54, 1.807) is 0 Å². The lowest BCUT2D eigenvalue weighted by molar-refractivity contribution is 1.57. The Morgan fingerprint density at radius 3 is 2.28 bits per heavy atom. The summed E-state index contributed by atoms with van der Waals surface area (Å²) in [5, 5.41) is 2.54. The van der Waals surface area contributed by atoms with Crippen LogP contribution in [0.5, 0.6) is 0 Å². The van der Waals surface area contributed by atoms with Gasteiger partial charge in [0.1, 0.15) is 0 Å². The topological polar surface area (TPSA) is 0 Å². The van der Waals surface area contributed by atoms with E-state index in [9.17, 15) is 0 Å². The highest BCUT2D eigenvalue weighted by Gasteiger charge is 2.04. The van der Waals surface area contributed by atoms with Crippen molar-refractivity contribution < 1.29 is 0 Å². The zero-order chi connectivity index (χ0) is 12.5. The molecule has 0 spiro atoms. The van der Waals surface area contributed by atoms with E-state index in [4.69, 9.17) is 0 Å².